The van der Waals surface area contributed by atoms with E-state index in [1.165, 1.54) is 0 Å². The number of aromatic nitrogens is 2. The number of methoxy groups -OCH3 is 1. The fraction of sp³-hybridized carbons (Fsp3) is 0.769. The highest BCUT2D eigenvalue weighted by atomic mass is 32.2. The van der Waals surface area contributed by atoms with Gasteiger partial charge < -0.3 is 9.30 Å². The first kappa shape index (κ1) is 16.8. The Kier molecular flexibility index (Phi) is 5.34. The Morgan fingerprint density at radius 3 is 2.67 bits per heavy atom. The van der Waals surface area contributed by atoms with Crippen LogP contribution in [0.25, 0.3) is 0 Å². The molecule has 0 radical (unpaired) electrons. The number of nitrogens with zero attached hydrogens (tertiary/aromatic N) is 2. The molecule has 0 aliphatic carbocycles. The van der Waals surface area contributed by atoms with Gasteiger partial charge in [-0.25, -0.2) is 18.1 Å². The van der Waals surface area contributed by atoms with Crippen LogP contribution >= 0.6 is 11.8 Å². The minimum atomic E-state index is -3.59. The summed E-state index contributed by atoms with van der Waals surface area (Å²) in [6, 6.07) is 0.183. The van der Waals surface area contributed by atoms with E-state index in [1.807, 2.05) is 25.6 Å². The molecule has 1 fully saturated rings. The highest BCUT2D eigenvalue weighted by molar-refractivity contribution is 7.99. The number of hydrogen-bond acceptors (Lipinski definition) is 5. The summed E-state index contributed by atoms with van der Waals surface area (Å²) in [6.45, 7) is 4.25. The molecule has 8 heteroatoms. The largest absolute Gasteiger partial charge is 0.377 e. The molecule has 2 heterocycles. The fourth-order valence-electron chi connectivity index (χ4n) is 2.24. The van der Waals surface area contributed by atoms with Gasteiger partial charge in [-0.05, 0) is 38.2 Å². The van der Waals surface area contributed by atoms with Gasteiger partial charge in [-0.2, -0.15) is 11.8 Å². The van der Waals surface area contributed by atoms with Gasteiger partial charge in [-0.1, -0.05) is 0 Å². The standard InChI is InChI=1S/C13H23N3O3S2/c1-11(2)16-8-12(14-10-16)21(17,18)15-9-13(19-3)4-6-20-7-5-13/h8,10-11,15H,4-7,9H2,1-3H3. The number of sulfonamides is 1. The molecular formula is C13H23N3O3S2. The number of ether oxygens (including phenoxy) is 1. The van der Waals surface area contributed by atoms with Crippen molar-refractivity contribution in [3.63, 3.8) is 0 Å². The van der Waals surface area contributed by atoms with Gasteiger partial charge in [0.2, 0.25) is 0 Å². The predicted molar refractivity (Wildman–Crippen MR) is 84.1 cm³/mol. The second-order valence-electron chi connectivity index (χ2n) is 5.58. The molecule has 0 bridgehead atoms. The first-order valence-electron chi connectivity index (χ1n) is 7.05. The van der Waals surface area contributed by atoms with E-state index in [4.69, 9.17) is 4.74 Å². The van der Waals surface area contributed by atoms with Crippen LogP contribution in [-0.4, -0.2) is 48.7 Å². The van der Waals surface area contributed by atoms with Gasteiger partial charge in [0.15, 0.2) is 5.03 Å². The summed E-state index contributed by atoms with van der Waals surface area (Å²) in [4.78, 5) is 3.99. The third-order valence-electron chi connectivity index (χ3n) is 3.87. The maximum Gasteiger partial charge on any atom is 0.259 e. The zero-order valence-corrected chi connectivity index (χ0v) is 14.3. The maximum absolute atomic E-state index is 12.3. The van der Waals surface area contributed by atoms with Crippen LogP contribution in [0.5, 0.6) is 0 Å². The molecule has 120 valence electrons. The van der Waals surface area contributed by atoms with Gasteiger partial charge in [0.1, 0.15) is 0 Å². The van der Waals surface area contributed by atoms with Crippen LogP contribution < -0.4 is 4.72 Å². The second kappa shape index (κ2) is 6.68. The summed E-state index contributed by atoms with van der Waals surface area (Å²) in [5, 5.41) is 0.0626. The molecule has 0 amide bonds. The highest BCUT2D eigenvalue weighted by Crippen LogP contribution is 2.29. The lowest BCUT2D eigenvalue weighted by molar-refractivity contribution is -0.0119. The van der Waals surface area contributed by atoms with Crippen molar-refractivity contribution >= 4 is 21.8 Å². The summed E-state index contributed by atoms with van der Waals surface area (Å²) in [5.41, 5.74) is -0.390. The Morgan fingerprint density at radius 2 is 2.14 bits per heavy atom. The normalized spacial score (nSPS) is 19.0. The average molecular weight is 333 g/mol. The van der Waals surface area contributed by atoms with E-state index in [-0.39, 0.29) is 16.7 Å². The number of hydrogen-bond donors (Lipinski definition) is 1. The Hall–Kier alpha value is -0.570. The van der Waals surface area contributed by atoms with Crippen molar-refractivity contribution < 1.29 is 13.2 Å². The monoisotopic (exact) mass is 333 g/mol. The SMILES string of the molecule is COC1(CNS(=O)(=O)c2cn(C(C)C)cn2)CCSCC1. The van der Waals surface area contributed by atoms with Crippen molar-refractivity contribution in [2.45, 2.75) is 43.4 Å². The lowest BCUT2D eigenvalue weighted by Crippen LogP contribution is -2.46. The minimum absolute atomic E-state index is 0.0626. The molecule has 0 aromatic carbocycles. The van der Waals surface area contributed by atoms with Gasteiger partial charge in [-0.15, -0.1) is 0 Å². The van der Waals surface area contributed by atoms with Crippen LogP contribution in [0.1, 0.15) is 32.7 Å². The minimum Gasteiger partial charge on any atom is -0.377 e. The topological polar surface area (TPSA) is 73.2 Å². The molecule has 0 atom stereocenters. The molecule has 1 saturated heterocycles. The smallest absolute Gasteiger partial charge is 0.259 e. The van der Waals surface area contributed by atoms with E-state index >= 15 is 0 Å². The van der Waals surface area contributed by atoms with Crippen LogP contribution in [-0.2, 0) is 14.8 Å². The second-order valence-corrected chi connectivity index (χ2v) is 8.52. The van der Waals surface area contributed by atoms with E-state index < -0.39 is 10.0 Å². The van der Waals surface area contributed by atoms with E-state index in [2.05, 4.69) is 9.71 Å². The van der Waals surface area contributed by atoms with Crippen LogP contribution in [0.2, 0.25) is 0 Å². The van der Waals surface area contributed by atoms with Gasteiger partial charge >= 0.3 is 0 Å². The first-order chi connectivity index (χ1) is 9.88. The number of rotatable bonds is 6. The lowest BCUT2D eigenvalue weighted by atomic mass is 9.97. The quantitative estimate of drug-likeness (QED) is 0.857. The molecule has 1 N–H and O–H groups in total. The van der Waals surface area contributed by atoms with Crippen LogP contribution in [0.3, 0.4) is 0 Å². The molecule has 1 aliphatic rings. The molecule has 1 aromatic heterocycles. The van der Waals surface area contributed by atoms with Gasteiger partial charge in [0.05, 0.1) is 11.9 Å². The zero-order valence-electron chi connectivity index (χ0n) is 12.7. The third kappa shape index (κ3) is 4.00. The maximum atomic E-state index is 12.3. The van der Waals surface area contributed by atoms with Crippen molar-refractivity contribution in [1.29, 1.82) is 0 Å². The van der Waals surface area contributed by atoms with E-state index in [1.54, 1.807) is 24.2 Å². The van der Waals surface area contributed by atoms with Crippen LogP contribution in [0.15, 0.2) is 17.6 Å². The molecular weight excluding hydrogens is 310 g/mol. The predicted octanol–water partition coefficient (Wildman–Crippen LogP) is 1.65. The third-order valence-corrected chi connectivity index (χ3v) is 6.14. The van der Waals surface area contributed by atoms with Crippen molar-refractivity contribution in [3.8, 4) is 0 Å². The first-order valence-corrected chi connectivity index (χ1v) is 9.68. The average Bonchev–Trinajstić information content (AvgIpc) is 2.97. The summed E-state index contributed by atoms with van der Waals surface area (Å²) in [7, 11) is -1.94. The van der Waals surface area contributed by atoms with Crippen molar-refractivity contribution in [3.05, 3.63) is 12.5 Å². The van der Waals surface area contributed by atoms with Crippen LogP contribution in [0.4, 0.5) is 0 Å². The molecule has 1 aliphatic heterocycles. The van der Waals surface area contributed by atoms with Crippen molar-refractivity contribution in [1.82, 2.24) is 14.3 Å². The molecule has 2 rings (SSSR count). The van der Waals surface area contributed by atoms with E-state index in [0.29, 0.717) is 6.54 Å². The zero-order chi connectivity index (χ0) is 15.5. The number of imidazole rings is 1. The van der Waals surface area contributed by atoms with E-state index in [9.17, 15) is 8.42 Å². The Balaban J connectivity index is 2.06. The Labute approximate surface area is 130 Å². The molecule has 0 saturated carbocycles. The highest BCUT2D eigenvalue weighted by Gasteiger charge is 2.34. The summed E-state index contributed by atoms with van der Waals surface area (Å²) >= 11 is 1.88. The summed E-state index contributed by atoms with van der Waals surface area (Å²) in [5.74, 6) is 2.00. The lowest BCUT2D eigenvalue weighted by Gasteiger charge is -2.35. The van der Waals surface area contributed by atoms with Crippen molar-refractivity contribution in [2.75, 3.05) is 25.2 Å². The number of thioether (sulfide) groups is 1. The van der Waals surface area contributed by atoms with Crippen LogP contribution in [0, 0.1) is 0 Å². The van der Waals surface area contributed by atoms with Gasteiger partial charge in [-0.3, -0.25) is 0 Å². The molecule has 6 nitrogen and oxygen atoms in total. The molecule has 1 aromatic rings. The Morgan fingerprint density at radius 1 is 1.48 bits per heavy atom. The van der Waals surface area contributed by atoms with Gasteiger partial charge in [0.25, 0.3) is 10.0 Å². The van der Waals surface area contributed by atoms with Crippen molar-refractivity contribution in [2.24, 2.45) is 0 Å². The Bertz CT molecular complexity index is 563. The molecule has 0 unspecified atom stereocenters. The fourth-order valence-corrected chi connectivity index (χ4v) is 4.52. The molecule has 0 spiro atoms. The number of nitrogens with one attached hydrogen (secondary N) is 1. The summed E-state index contributed by atoms with van der Waals surface area (Å²) in [6.07, 6.45) is 4.82. The van der Waals surface area contributed by atoms with Gasteiger partial charge in [0, 0.05) is 25.9 Å². The molecule has 21 heavy (non-hydrogen) atoms. The van der Waals surface area contributed by atoms with E-state index in [0.717, 1.165) is 24.3 Å². The summed E-state index contributed by atoms with van der Waals surface area (Å²) < 4.78 is 34.7.